The average Bonchev–Trinajstić information content (AvgIpc) is 3.44. The molecule has 0 radical (unpaired) electrons. The summed E-state index contributed by atoms with van der Waals surface area (Å²) in [5.41, 5.74) is 2.37. The molecule has 2 amide bonds. The topological polar surface area (TPSA) is 114 Å². The van der Waals surface area contributed by atoms with E-state index < -0.39 is 33.7 Å². The summed E-state index contributed by atoms with van der Waals surface area (Å²) in [4.78, 5) is 30.3. The number of benzene rings is 3. The van der Waals surface area contributed by atoms with Crippen LogP contribution in [0.1, 0.15) is 17.5 Å². The molecule has 0 spiro atoms. The predicted octanol–water partition coefficient (Wildman–Crippen LogP) is 3.74. The molecule has 0 aliphatic carbocycles. The molecule has 1 fully saturated rings. The second kappa shape index (κ2) is 9.61. The fourth-order valence-corrected chi connectivity index (χ4v) is 6.13. The molecular formula is C27H21FN4O4S. The number of sulfonamides is 1. The van der Waals surface area contributed by atoms with Crippen LogP contribution in [0.15, 0.2) is 83.9 Å². The minimum absolute atomic E-state index is 0.0769. The number of aromatic nitrogens is 1. The van der Waals surface area contributed by atoms with Gasteiger partial charge in [-0.3, -0.25) is 9.59 Å². The smallest absolute Gasteiger partial charge is 0.252 e. The Morgan fingerprint density at radius 1 is 1.03 bits per heavy atom. The third kappa shape index (κ3) is 4.50. The highest BCUT2D eigenvalue weighted by molar-refractivity contribution is 7.89. The third-order valence-electron chi connectivity index (χ3n) is 6.42. The lowest BCUT2D eigenvalue weighted by Gasteiger charge is -2.27. The van der Waals surface area contributed by atoms with E-state index >= 15 is 0 Å². The van der Waals surface area contributed by atoms with Crippen LogP contribution in [0.4, 0.5) is 10.1 Å². The van der Waals surface area contributed by atoms with E-state index in [0.717, 1.165) is 49.9 Å². The van der Waals surface area contributed by atoms with Crippen LogP contribution in [0.5, 0.6) is 0 Å². The first-order chi connectivity index (χ1) is 17.8. The number of para-hydroxylation sites is 1. The van der Waals surface area contributed by atoms with Gasteiger partial charge in [-0.2, -0.15) is 9.57 Å². The summed E-state index contributed by atoms with van der Waals surface area (Å²) < 4.78 is 42.0. The maximum Gasteiger partial charge on any atom is 0.252 e. The molecule has 0 saturated carbocycles. The third-order valence-corrected chi connectivity index (χ3v) is 8.34. The molecular weight excluding hydrogens is 495 g/mol. The highest BCUT2D eigenvalue weighted by Gasteiger charge is 2.46. The Balaban J connectivity index is 1.50. The van der Waals surface area contributed by atoms with Crippen LogP contribution in [0.2, 0.25) is 0 Å². The van der Waals surface area contributed by atoms with Crippen LogP contribution in [-0.2, 0) is 26.0 Å². The van der Waals surface area contributed by atoms with Crippen molar-refractivity contribution in [3.63, 3.8) is 0 Å². The summed E-state index contributed by atoms with van der Waals surface area (Å²) in [6.45, 7) is -0.0769. The van der Waals surface area contributed by atoms with Crippen molar-refractivity contribution in [1.29, 1.82) is 5.26 Å². The van der Waals surface area contributed by atoms with Crippen molar-refractivity contribution in [3.8, 4) is 6.07 Å². The van der Waals surface area contributed by atoms with E-state index in [1.54, 1.807) is 6.20 Å². The Hall–Kier alpha value is -4.33. The van der Waals surface area contributed by atoms with E-state index in [2.05, 4.69) is 4.98 Å². The summed E-state index contributed by atoms with van der Waals surface area (Å²) in [6, 6.07) is 18.5. The van der Waals surface area contributed by atoms with Crippen LogP contribution >= 0.6 is 0 Å². The highest BCUT2D eigenvalue weighted by Crippen LogP contribution is 2.30. The normalized spacial score (nSPS) is 16.0. The van der Waals surface area contributed by atoms with Crippen molar-refractivity contribution in [2.45, 2.75) is 23.8 Å². The lowest BCUT2D eigenvalue weighted by molar-refractivity contribution is -0.122. The maximum atomic E-state index is 13.7. The number of H-pyrrole nitrogens is 1. The fourth-order valence-electron chi connectivity index (χ4n) is 4.55. The number of anilines is 1. The average molecular weight is 517 g/mol. The predicted molar refractivity (Wildman–Crippen MR) is 134 cm³/mol. The molecule has 3 aromatic carbocycles. The molecule has 1 N–H and O–H groups in total. The molecule has 5 rings (SSSR count). The lowest BCUT2D eigenvalue weighted by Crippen LogP contribution is -2.46. The Kier molecular flexibility index (Phi) is 6.33. The number of fused-ring (bicyclic) bond motifs is 1. The largest absolute Gasteiger partial charge is 0.361 e. The van der Waals surface area contributed by atoms with E-state index in [0.29, 0.717) is 5.56 Å². The molecule has 8 nitrogen and oxygen atoms in total. The van der Waals surface area contributed by atoms with Gasteiger partial charge in [0.05, 0.1) is 28.6 Å². The number of nitrogens with one attached hydrogen (secondary N) is 1. The number of nitriles is 1. The van der Waals surface area contributed by atoms with Gasteiger partial charge in [-0.1, -0.05) is 18.2 Å². The van der Waals surface area contributed by atoms with E-state index in [1.807, 2.05) is 30.3 Å². The number of carbonyl (C=O) groups excluding carboxylic acids is 2. The molecule has 10 heteroatoms. The number of amides is 2. The van der Waals surface area contributed by atoms with Gasteiger partial charge in [0.1, 0.15) is 11.9 Å². The molecule has 1 atom stereocenters. The van der Waals surface area contributed by atoms with Crippen molar-refractivity contribution in [2.24, 2.45) is 0 Å². The van der Waals surface area contributed by atoms with Crippen molar-refractivity contribution >= 4 is 38.4 Å². The second-order valence-electron chi connectivity index (χ2n) is 8.63. The van der Waals surface area contributed by atoms with E-state index in [-0.39, 0.29) is 30.0 Å². The molecule has 4 aromatic rings. The van der Waals surface area contributed by atoms with Gasteiger partial charge in [-0.15, -0.1) is 0 Å². The van der Waals surface area contributed by atoms with Crippen LogP contribution in [0.25, 0.3) is 10.9 Å². The van der Waals surface area contributed by atoms with Gasteiger partial charge in [0.25, 0.3) is 5.91 Å². The van der Waals surface area contributed by atoms with Gasteiger partial charge in [0.2, 0.25) is 15.9 Å². The Bertz CT molecular complexity index is 1640. The summed E-state index contributed by atoms with van der Waals surface area (Å²) in [6.07, 6.45) is 1.73. The van der Waals surface area contributed by atoms with Crippen LogP contribution < -0.4 is 4.90 Å². The zero-order chi connectivity index (χ0) is 26.2. The van der Waals surface area contributed by atoms with Gasteiger partial charge in [-0.25, -0.2) is 17.7 Å². The molecule has 1 unspecified atom stereocenters. The molecule has 0 bridgehead atoms. The number of hydrogen-bond donors (Lipinski definition) is 1. The molecule has 37 heavy (non-hydrogen) atoms. The molecule has 186 valence electrons. The number of carbonyl (C=O) groups is 2. The maximum absolute atomic E-state index is 13.7. The second-order valence-corrected chi connectivity index (χ2v) is 10.5. The monoisotopic (exact) mass is 516 g/mol. The van der Waals surface area contributed by atoms with Crippen LogP contribution in [0.3, 0.4) is 0 Å². The first-order valence-corrected chi connectivity index (χ1v) is 12.9. The first kappa shape index (κ1) is 24.4. The fraction of sp³-hybridized carbons (Fsp3) is 0.148. The van der Waals surface area contributed by atoms with E-state index in [9.17, 15) is 22.4 Å². The van der Waals surface area contributed by atoms with Gasteiger partial charge >= 0.3 is 0 Å². The summed E-state index contributed by atoms with van der Waals surface area (Å²) in [7, 11) is -4.27. The zero-order valence-corrected chi connectivity index (χ0v) is 20.3. The van der Waals surface area contributed by atoms with Crippen molar-refractivity contribution in [3.05, 3.63) is 95.9 Å². The minimum Gasteiger partial charge on any atom is -0.361 e. The van der Waals surface area contributed by atoms with Crippen molar-refractivity contribution in [2.75, 3.05) is 11.4 Å². The van der Waals surface area contributed by atoms with Gasteiger partial charge in [-0.05, 0) is 66.6 Å². The van der Waals surface area contributed by atoms with Gasteiger partial charge < -0.3 is 4.98 Å². The standard InChI is InChI=1S/C27H21FN4O4S/c28-20-7-11-22(12-8-20)37(35,36)31(14-13-19-17-30-24-4-2-1-3-23(19)24)25-15-26(33)32(27(25)34)21-9-5-18(16-29)6-10-21/h1-12,17,25,30H,13-15H2. The Morgan fingerprint density at radius 3 is 2.43 bits per heavy atom. The first-order valence-electron chi connectivity index (χ1n) is 11.5. The number of halogens is 1. The van der Waals surface area contributed by atoms with E-state index in [1.165, 1.54) is 24.3 Å². The summed E-state index contributed by atoms with van der Waals surface area (Å²) in [5.74, 6) is -1.83. The highest BCUT2D eigenvalue weighted by atomic mass is 32.2. The zero-order valence-electron chi connectivity index (χ0n) is 19.5. The van der Waals surface area contributed by atoms with Gasteiger partial charge in [0.15, 0.2) is 0 Å². The Morgan fingerprint density at radius 2 is 1.73 bits per heavy atom. The number of imide groups is 1. The number of aromatic amines is 1. The number of rotatable bonds is 7. The van der Waals surface area contributed by atoms with Gasteiger partial charge in [0, 0.05) is 23.6 Å². The quantitative estimate of drug-likeness (QED) is 0.376. The van der Waals surface area contributed by atoms with Crippen molar-refractivity contribution in [1.82, 2.24) is 9.29 Å². The molecule has 1 saturated heterocycles. The Labute approximate surface area is 212 Å². The van der Waals surface area contributed by atoms with Crippen LogP contribution in [-0.4, -0.2) is 42.1 Å². The van der Waals surface area contributed by atoms with Crippen LogP contribution in [0, 0.1) is 17.1 Å². The molecule has 1 aliphatic heterocycles. The SMILES string of the molecule is N#Cc1ccc(N2C(=O)CC(N(CCc3c[nH]c4ccccc34)S(=O)(=O)c3ccc(F)cc3)C2=O)cc1. The van der Waals surface area contributed by atoms with Crippen molar-refractivity contribution < 1.29 is 22.4 Å². The van der Waals surface area contributed by atoms with E-state index in [4.69, 9.17) is 5.26 Å². The number of nitrogens with zero attached hydrogens (tertiary/aromatic N) is 3. The summed E-state index contributed by atoms with van der Waals surface area (Å²) >= 11 is 0. The molecule has 1 aromatic heterocycles. The number of hydrogen-bond acceptors (Lipinski definition) is 5. The molecule has 1 aliphatic rings. The molecule has 2 heterocycles. The minimum atomic E-state index is -4.27. The lowest BCUT2D eigenvalue weighted by atomic mass is 10.1. The summed E-state index contributed by atoms with van der Waals surface area (Å²) in [5, 5.41) is 9.96.